The van der Waals surface area contributed by atoms with Crippen LogP contribution in [0.3, 0.4) is 0 Å². The van der Waals surface area contributed by atoms with Crippen molar-refractivity contribution in [2.45, 2.75) is 0 Å². The molecule has 0 saturated carbocycles. The molecule has 6 heteroatoms. The molecule has 0 heterocycles. The van der Waals surface area contributed by atoms with E-state index >= 15 is 0 Å². The van der Waals surface area contributed by atoms with E-state index in [1.54, 1.807) is 24.3 Å². The molecular formula is C9H9ClN2O3. The van der Waals surface area contributed by atoms with Gasteiger partial charge in [0.1, 0.15) is 0 Å². The highest BCUT2D eigenvalue weighted by Crippen LogP contribution is 2.10. The second-order valence-electron chi connectivity index (χ2n) is 2.53. The van der Waals surface area contributed by atoms with E-state index in [-0.39, 0.29) is 5.84 Å². The number of hydrogen-bond acceptors (Lipinski definition) is 4. The largest absolute Gasteiger partial charge is 0.534 e. The summed E-state index contributed by atoms with van der Waals surface area (Å²) in [7, 11) is 1.17. The number of nitrogens with two attached hydrogens (primary N) is 1. The Morgan fingerprint density at radius 1 is 1.53 bits per heavy atom. The molecule has 1 rings (SSSR count). The summed E-state index contributed by atoms with van der Waals surface area (Å²) in [6.45, 7) is 0. The van der Waals surface area contributed by atoms with Crippen molar-refractivity contribution >= 4 is 23.6 Å². The molecule has 80 valence electrons. The van der Waals surface area contributed by atoms with Crippen molar-refractivity contribution < 1.29 is 14.4 Å². The van der Waals surface area contributed by atoms with Crippen molar-refractivity contribution in [3.63, 3.8) is 0 Å². The summed E-state index contributed by atoms with van der Waals surface area (Å²) in [5, 5.41) is 3.88. The van der Waals surface area contributed by atoms with Gasteiger partial charge in [-0.1, -0.05) is 28.9 Å². The molecule has 5 nitrogen and oxygen atoms in total. The number of rotatable bonds is 2. The lowest BCUT2D eigenvalue weighted by Crippen LogP contribution is -2.15. The fraction of sp³-hybridized carbons (Fsp3) is 0.111. The zero-order valence-corrected chi connectivity index (χ0v) is 8.69. The number of methoxy groups -OCH3 is 1. The molecule has 0 unspecified atom stereocenters. The Labute approximate surface area is 91.4 Å². The van der Waals surface area contributed by atoms with Gasteiger partial charge in [-0.25, -0.2) is 4.79 Å². The van der Waals surface area contributed by atoms with E-state index in [1.807, 2.05) is 0 Å². The lowest BCUT2D eigenvalue weighted by Gasteiger charge is -2.00. The molecule has 0 saturated heterocycles. The molecule has 0 aliphatic carbocycles. The minimum atomic E-state index is -0.931. The van der Waals surface area contributed by atoms with Crippen LogP contribution in [-0.2, 0) is 9.57 Å². The predicted octanol–water partition coefficient (Wildman–Crippen LogP) is 1.74. The van der Waals surface area contributed by atoms with Crippen LogP contribution < -0.4 is 5.73 Å². The van der Waals surface area contributed by atoms with Gasteiger partial charge in [-0.05, 0) is 12.1 Å². The predicted molar refractivity (Wildman–Crippen MR) is 55.7 cm³/mol. The first-order chi connectivity index (χ1) is 7.13. The minimum absolute atomic E-state index is 0.0444. The van der Waals surface area contributed by atoms with Crippen LogP contribution in [0.25, 0.3) is 0 Å². The summed E-state index contributed by atoms with van der Waals surface area (Å²) in [5.41, 5.74) is 6.09. The summed E-state index contributed by atoms with van der Waals surface area (Å²) < 4.78 is 4.21. The number of carbonyl (C=O) groups excluding carboxylic acids is 1. The molecular weight excluding hydrogens is 220 g/mol. The van der Waals surface area contributed by atoms with Crippen molar-refractivity contribution in [1.82, 2.24) is 0 Å². The van der Waals surface area contributed by atoms with E-state index in [0.29, 0.717) is 10.6 Å². The Morgan fingerprint density at radius 3 is 2.87 bits per heavy atom. The van der Waals surface area contributed by atoms with Crippen LogP contribution in [0.2, 0.25) is 5.02 Å². The highest BCUT2D eigenvalue weighted by Gasteiger charge is 2.03. The smallest absolute Gasteiger partial charge is 0.436 e. The van der Waals surface area contributed by atoms with Crippen LogP contribution in [0.5, 0.6) is 0 Å². The van der Waals surface area contributed by atoms with Gasteiger partial charge < -0.3 is 10.5 Å². The number of ether oxygens (including phenoxy) is 1. The number of oxime groups is 1. The molecule has 0 spiro atoms. The molecule has 0 bridgehead atoms. The molecule has 0 aliphatic rings. The number of benzene rings is 1. The van der Waals surface area contributed by atoms with Gasteiger partial charge in [0.15, 0.2) is 5.84 Å². The molecule has 0 aromatic heterocycles. The van der Waals surface area contributed by atoms with E-state index < -0.39 is 6.16 Å². The molecule has 0 amide bonds. The average Bonchev–Trinajstić information content (AvgIpc) is 2.25. The number of amidine groups is 1. The van der Waals surface area contributed by atoms with Gasteiger partial charge in [-0.3, -0.25) is 4.84 Å². The van der Waals surface area contributed by atoms with Crippen LogP contribution in [0.4, 0.5) is 4.79 Å². The van der Waals surface area contributed by atoms with Crippen molar-refractivity contribution in [3.8, 4) is 0 Å². The Balaban J connectivity index is 2.75. The summed E-state index contributed by atoms with van der Waals surface area (Å²) in [6, 6.07) is 6.68. The second-order valence-corrected chi connectivity index (χ2v) is 2.97. The molecule has 0 fully saturated rings. The first-order valence-corrected chi connectivity index (χ1v) is 4.35. The van der Waals surface area contributed by atoms with Gasteiger partial charge in [0.2, 0.25) is 0 Å². The van der Waals surface area contributed by atoms with Gasteiger partial charge >= 0.3 is 6.16 Å². The summed E-state index contributed by atoms with van der Waals surface area (Å²) in [5.74, 6) is 0.0444. The highest BCUT2D eigenvalue weighted by atomic mass is 35.5. The number of hydrogen-bond donors (Lipinski definition) is 1. The lowest BCUT2D eigenvalue weighted by molar-refractivity contribution is 0.0753. The second kappa shape index (κ2) is 5.21. The standard InChI is InChI=1S/C9H9ClN2O3/c1-14-9(13)15-12-8(11)6-3-2-4-7(10)5-6/h2-5H,1H3,(H2,11,12). The van der Waals surface area contributed by atoms with E-state index in [4.69, 9.17) is 17.3 Å². The fourth-order valence-corrected chi connectivity index (χ4v) is 1.01. The third-order valence-corrected chi connectivity index (χ3v) is 1.74. The van der Waals surface area contributed by atoms with Crippen LogP contribution in [0, 0.1) is 0 Å². The van der Waals surface area contributed by atoms with Crippen molar-refractivity contribution in [1.29, 1.82) is 0 Å². The minimum Gasteiger partial charge on any atom is -0.436 e. The maximum atomic E-state index is 10.6. The fourth-order valence-electron chi connectivity index (χ4n) is 0.824. The van der Waals surface area contributed by atoms with Crippen LogP contribution in [-0.4, -0.2) is 19.1 Å². The van der Waals surface area contributed by atoms with E-state index in [2.05, 4.69) is 14.7 Å². The van der Waals surface area contributed by atoms with E-state index in [9.17, 15) is 4.79 Å². The average molecular weight is 229 g/mol. The maximum Gasteiger partial charge on any atom is 0.534 e. The molecule has 0 atom stereocenters. The quantitative estimate of drug-likeness (QED) is 0.275. The molecule has 2 N–H and O–H groups in total. The molecule has 0 radical (unpaired) electrons. The first kappa shape index (κ1) is 11.3. The number of carbonyl (C=O) groups is 1. The van der Waals surface area contributed by atoms with Crippen LogP contribution in [0.15, 0.2) is 29.4 Å². The van der Waals surface area contributed by atoms with Crippen molar-refractivity contribution in [2.24, 2.45) is 10.9 Å². The van der Waals surface area contributed by atoms with Crippen LogP contribution >= 0.6 is 11.6 Å². The molecule has 15 heavy (non-hydrogen) atoms. The monoisotopic (exact) mass is 228 g/mol. The van der Waals surface area contributed by atoms with Crippen molar-refractivity contribution in [3.05, 3.63) is 34.9 Å². The van der Waals surface area contributed by atoms with Gasteiger partial charge in [0.25, 0.3) is 0 Å². The Kier molecular flexibility index (Phi) is 3.93. The summed E-state index contributed by atoms with van der Waals surface area (Å²) >= 11 is 5.74. The normalized spacial score (nSPS) is 10.9. The van der Waals surface area contributed by atoms with Gasteiger partial charge in [-0.2, -0.15) is 0 Å². The third kappa shape index (κ3) is 3.47. The summed E-state index contributed by atoms with van der Waals surface area (Å²) in [6.07, 6.45) is -0.931. The maximum absolute atomic E-state index is 10.6. The third-order valence-electron chi connectivity index (χ3n) is 1.51. The molecule has 1 aromatic rings. The summed E-state index contributed by atoms with van der Waals surface area (Å²) in [4.78, 5) is 14.9. The number of nitrogens with zero attached hydrogens (tertiary/aromatic N) is 1. The first-order valence-electron chi connectivity index (χ1n) is 3.98. The molecule has 0 aliphatic heterocycles. The zero-order valence-electron chi connectivity index (χ0n) is 7.94. The van der Waals surface area contributed by atoms with Gasteiger partial charge in [0, 0.05) is 10.6 Å². The van der Waals surface area contributed by atoms with Crippen molar-refractivity contribution in [2.75, 3.05) is 7.11 Å². The Morgan fingerprint density at radius 2 is 2.27 bits per heavy atom. The zero-order chi connectivity index (χ0) is 11.3. The SMILES string of the molecule is COC(=O)O/N=C(\N)c1cccc(Cl)c1. The Bertz CT molecular complexity index is 393. The van der Waals surface area contributed by atoms with E-state index in [1.165, 1.54) is 7.11 Å². The Hall–Kier alpha value is -1.75. The van der Waals surface area contributed by atoms with Gasteiger partial charge in [0.05, 0.1) is 7.11 Å². The van der Waals surface area contributed by atoms with Gasteiger partial charge in [-0.15, -0.1) is 0 Å². The van der Waals surface area contributed by atoms with Crippen LogP contribution in [0.1, 0.15) is 5.56 Å². The topological polar surface area (TPSA) is 73.9 Å². The lowest BCUT2D eigenvalue weighted by atomic mass is 10.2. The molecule has 1 aromatic carbocycles. The highest BCUT2D eigenvalue weighted by molar-refractivity contribution is 6.31. The van der Waals surface area contributed by atoms with E-state index in [0.717, 1.165) is 0 Å². The number of halogens is 1.